The molecule has 0 spiro atoms. The quantitative estimate of drug-likeness (QED) is 0.345. The molecule has 188 valence electrons. The Kier molecular flexibility index (Phi) is 6.71. The van der Waals surface area contributed by atoms with E-state index in [4.69, 9.17) is 9.15 Å². The van der Waals surface area contributed by atoms with E-state index in [1.807, 2.05) is 13.8 Å². The van der Waals surface area contributed by atoms with Crippen LogP contribution in [-0.4, -0.2) is 43.0 Å². The van der Waals surface area contributed by atoms with Crippen LogP contribution in [0.2, 0.25) is 0 Å². The SMILES string of the molecule is CC(C)(CNC(=O)c1cccc(-c2coc(C(=O)C(F)(F)F)c2)c1)C1COC(c2ccc(F)cc2)=N1. The van der Waals surface area contributed by atoms with Crippen molar-refractivity contribution in [2.24, 2.45) is 10.4 Å². The van der Waals surface area contributed by atoms with Gasteiger partial charge in [-0.25, -0.2) is 9.38 Å². The summed E-state index contributed by atoms with van der Waals surface area (Å²) in [6.45, 7) is 4.43. The van der Waals surface area contributed by atoms with E-state index in [1.54, 1.807) is 30.3 Å². The van der Waals surface area contributed by atoms with Gasteiger partial charge in [0.05, 0.1) is 12.3 Å². The minimum absolute atomic E-state index is 0.239. The smallest absolute Gasteiger partial charge is 0.458 e. The lowest BCUT2D eigenvalue weighted by Crippen LogP contribution is -2.41. The Balaban J connectivity index is 1.42. The molecule has 1 amide bonds. The number of hydrogen-bond acceptors (Lipinski definition) is 5. The highest BCUT2D eigenvalue weighted by molar-refractivity contribution is 5.99. The fourth-order valence-electron chi connectivity index (χ4n) is 3.64. The number of benzene rings is 2. The highest BCUT2D eigenvalue weighted by Crippen LogP contribution is 2.29. The molecular weight excluding hydrogens is 480 g/mol. The first-order valence-corrected chi connectivity index (χ1v) is 11.0. The predicted molar refractivity (Wildman–Crippen MR) is 123 cm³/mol. The number of hydrogen-bond donors (Lipinski definition) is 1. The monoisotopic (exact) mass is 502 g/mol. The van der Waals surface area contributed by atoms with Gasteiger partial charge in [-0.1, -0.05) is 26.0 Å². The fourth-order valence-corrected chi connectivity index (χ4v) is 3.64. The zero-order chi connectivity index (χ0) is 26.1. The molecule has 3 aromatic rings. The van der Waals surface area contributed by atoms with Crippen molar-refractivity contribution >= 4 is 17.6 Å². The van der Waals surface area contributed by atoms with Crippen LogP contribution in [0.25, 0.3) is 11.1 Å². The third-order valence-corrected chi connectivity index (χ3v) is 5.89. The second-order valence-corrected chi connectivity index (χ2v) is 9.05. The van der Waals surface area contributed by atoms with Crippen LogP contribution in [0.1, 0.15) is 40.3 Å². The Bertz CT molecular complexity index is 1310. The summed E-state index contributed by atoms with van der Waals surface area (Å²) < 4.78 is 61.6. The van der Waals surface area contributed by atoms with Gasteiger partial charge in [-0.05, 0) is 48.0 Å². The van der Waals surface area contributed by atoms with Crippen LogP contribution in [0.4, 0.5) is 17.6 Å². The zero-order valence-corrected chi connectivity index (χ0v) is 19.4. The van der Waals surface area contributed by atoms with Crippen molar-refractivity contribution in [2.45, 2.75) is 26.1 Å². The topological polar surface area (TPSA) is 80.9 Å². The molecule has 0 bridgehead atoms. The van der Waals surface area contributed by atoms with Crippen LogP contribution >= 0.6 is 0 Å². The number of amides is 1. The van der Waals surface area contributed by atoms with Crippen molar-refractivity contribution in [1.82, 2.24) is 5.32 Å². The van der Waals surface area contributed by atoms with E-state index >= 15 is 0 Å². The van der Waals surface area contributed by atoms with Crippen molar-refractivity contribution in [3.63, 3.8) is 0 Å². The molecule has 0 saturated heterocycles. The van der Waals surface area contributed by atoms with E-state index in [0.29, 0.717) is 23.6 Å². The van der Waals surface area contributed by atoms with Crippen molar-refractivity contribution in [1.29, 1.82) is 0 Å². The highest BCUT2D eigenvalue weighted by atomic mass is 19.4. The Labute approximate surface area is 204 Å². The third-order valence-electron chi connectivity index (χ3n) is 5.89. The second-order valence-electron chi connectivity index (χ2n) is 9.05. The van der Waals surface area contributed by atoms with Gasteiger partial charge in [0.25, 0.3) is 5.91 Å². The van der Waals surface area contributed by atoms with E-state index in [-0.39, 0.29) is 35.4 Å². The van der Waals surface area contributed by atoms with Crippen molar-refractivity contribution in [2.75, 3.05) is 13.2 Å². The Morgan fingerprint density at radius 3 is 2.44 bits per heavy atom. The predicted octanol–water partition coefficient (Wildman–Crippen LogP) is 5.43. The van der Waals surface area contributed by atoms with Gasteiger partial charge in [-0.15, -0.1) is 0 Å². The molecule has 1 unspecified atom stereocenters. The molecule has 0 radical (unpaired) electrons. The molecule has 1 aromatic heterocycles. The first-order valence-electron chi connectivity index (χ1n) is 11.0. The number of alkyl halides is 3. The van der Waals surface area contributed by atoms with Gasteiger partial charge in [0.15, 0.2) is 5.76 Å². The molecular formula is C26H22F4N2O4. The van der Waals surface area contributed by atoms with E-state index in [9.17, 15) is 27.2 Å². The molecule has 36 heavy (non-hydrogen) atoms. The number of nitrogens with zero attached hydrogens (tertiary/aromatic N) is 1. The molecule has 0 fully saturated rings. The normalized spacial score (nSPS) is 15.8. The molecule has 1 aliphatic heterocycles. The number of aliphatic imine (C=N–C) groups is 1. The summed E-state index contributed by atoms with van der Waals surface area (Å²) in [5.41, 5.74) is 1.13. The number of Topliss-reactive ketones (excluding diaryl/α,β-unsaturated/α-hetero) is 1. The summed E-state index contributed by atoms with van der Waals surface area (Å²) in [6, 6.07) is 12.8. The van der Waals surface area contributed by atoms with E-state index in [0.717, 1.165) is 12.3 Å². The maximum Gasteiger partial charge on any atom is 0.458 e. The average Bonchev–Trinajstić information content (AvgIpc) is 3.53. The lowest BCUT2D eigenvalue weighted by molar-refractivity contribution is -0.0899. The van der Waals surface area contributed by atoms with E-state index in [1.165, 1.54) is 18.2 Å². The van der Waals surface area contributed by atoms with Crippen LogP contribution in [-0.2, 0) is 4.74 Å². The molecule has 0 saturated carbocycles. The minimum Gasteiger partial charge on any atom is -0.475 e. The lowest BCUT2D eigenvalue weighted by Gasteiger charge is -2.28. The van der Waals surface area contributed by atoms with Crippen LogP contribution in [0.5, 0.6) is 0 Å². The van der Waals surface area contributed by atoms with Gasteiger partial charge in [0.1, 0.15) is 12.4 Å². The number of ketones is 1. The molecule has 1 aliphatic rings. The number of halogens is 4. The van der Waals surface area contributed by atoms with Gasteiger partial charge < -0.3 is 14.5 Å². The molecule has 1 N–H and O–H groups in total. The largest absolute Gasteiger partial charge is 0.475 e. The van der Waals surface area contributed by atoms with Crippen LogP contribution in [0, 0.1) is 11.2 Å². The summed E-state index contributed by atoms with van der Waals surface area (Å²) in [5, 5.41) is 2.86. The number of rotatable bonds is 7. The standard InChI is InChI=1S/C26H22F4N2O4/c1-25(2,21-13-36-24(32-21)15-6-8-19(27)9-7-15)14-31-23(34)17-5-3-4-16(10-17)18-11-20(35-12-18)22(33)26(28,29)30/h3-12,21H,13-14H2,1-2H3,(H,31,34). The minimum atomic E-state index is -5.04. The zero-order valence-electron chi connectivity index (χ0n) is 19.4. The number of ether oxygens (including phenoxy) is 1. The third kappa shape index (κ3) is 5.48. The van der Waals surface area contributed by atoms with Crippen molar-refractivity contribution in [3.8, 4) is 11.1 Å². The van der Waals surface area contributed by atoms with Gasteiger partial charge in [-0.2, -0.15) is 13.2 Å². The molecule has 2 aromatic carbocycles. The summed E-state index contributed by atoms with van der Waals surface area (Å²) in [5.74, 6) is -3.24. The average molecular weight is 502 g/mol. The van der Waals surface area contributed by atoms with E-state index < -0.39 is 23.1 Å². The van der Waals surface area contributed by atoms with Crippen LogP contribution in [0.15, 0.2) is 70.3 Å². The van der Waals surface area contributed by atoms with Gasteiger partial charge >= 0.3 is 12.0 Å². The molecule has 4 rings (SSSR count). The number of carbonyl (C=O) groups excluding carboxylic acids is 2. The summed E-state index contributed by atoms with van der Waals surface area (Å²) in [6.07, 6.45) is -4.01. The summed E-state index contributed by atoms with van der Waals surface area (Å²) in [4.78, 5) is 28.8. The molecule has 1 atom stereocenters. The Morgan fingerprint density at radius 1 is 1.03 bits per heavy atom. The van der Waals surface area contributed by atoms with Crippen LogP contribution in [0.3, 0.4) is 0 Å². The number of carbonyl (C=O) groups is 2. The Hall–Kier alpha value is -3.95. The van der Waals surface area contributed by atoms with Crippen molar-refractivity contribution < 1.29 is 36.3 Å². The molecule has 10 heteroatoms. The highest BCUT2D eigenvalue weighted by Gasteiger charge is 2.41. The Morgan fingerprint density at radius 2 is 1.75 bits per heavy atom. The first kappa shape index (κ1) is 25.2. The number of furan rings is 1. The van der Waals surface area contributed by atoms with Crippen molar-refractivity contribution in [3.05, 3.63) is 83.6 Å². The molecule has 6 nitrogen and oxygen atoms in total. The first-order chi connectivity index (χ1) is 16.9. The molecule has 2 heterocycles. The second kappa shape index (κ2) is 9.60. The fraction of sp³-hybridized carbons (Fsp3) is 0.269. The molecule has 0 aliphatic carbocycles. The number of nitrogens with one attached hydrogen (secondary N) is 1. The lowest BCUT2D eigenvalue weighted by atomic mass is 9.85. The van der Waals surface area contributed by atoms with Crippen LogP contribution < -0.4 is 5.32 Å². The maximum absolute atomic E-state index is 13.2. The van der Waals surface area contributed by atoms with Gasteiger partial charge in [-0.3, -0.25) is 9.59 Å². The summed E-state index contributed by atoms with van der Waals surface area (Å²) >= 11 is 0. The summed E-state index contributed by atoms with van der Waals surface area (Å²) in [7, 11) is 0. The maximum atomic E-state index is 13.2. The van der Waals surface area contributed by atoms with E-state index in [2.05, 4.69) is 10.3 Å². The van der Waals surface area contributed by atoms with Gasteiger partial charge in [0.2, 0.25) is 5.90 Å². The van der Waals surface area contributed by atoms with Gasteiger partial charge in [0, 0.05) is 28.7 Å².